The molecule has 0 fully saturated rings. The molecule has 4 heteroatoms. The van der Waals surface area contributed by atoms with Crippen molar-refractivity contribution in [2.24, 2.45) is 0 Å². The highest BCUT2D eigenvalue weighted by Crippen LogP contribution is 2.28. The molecule has 14 heavy (non-hydrogen) atoms. The van der Waals surface area contributed by atoms with Crippen molar-refractivity contribution in [2.45, 2.75) is 39.2 Å². The molecule has 1 unspecified atom stereocenters. The Bertz CT molecular complexity index is 382. The number of aromatic carboxylic acids is 1. The molecule has 0 aliphatic carbocycles. The van der Waals surface area contributed by atoms with Gasteiger partial charge in [0.05, 0.1) is 5.69 Å². The highest BCUT2D eigenvalue weighted by molar-refractivity contribution is 5.86. The van der Waals surface area contributed by atoms with Crippen molar-refractivity contribution in [3.8, 4) is 0 Å². The Kier molecular flexibility index (Phi) is 2.06. The van der Waals surface area contributed by atoms with Crippen LogP contribution in [0.5, 0.6) is 0 Å². The van der Waals surface area contributed by atoms with Gasteiger partial charge >= 0.3 is 5.97 Å². The molecule has 4 nitrogen and oxygen atoms in total. The topological polar surface area (TPSA) is 55.1 Å². The number of aromatic nitrogens is 2. The first kappa shape index (κ1) is 9.24. The van der Waals surface area contributed by atoms with E-state index in [9.17, 15) is 4.79 Å². The number of rotatable bonds is 1. The maximum absolute atomic E-state index is 10.9. The van der Waals surface area contributed by atoms with E-state index < -0.39 is 5.97 Å². The molecular formula is C10H14N2O2. The van der Waals surface area contributed by atoms with E-state index >= 15 is 0 Å². The van der Waals surface area contributed by atoms with Gasteiger partial charge < -0.3 is 9.67 Å². The number of hydrogen-bond donors (Lipinski definition) is 1. The number of hydrogen-bond acceptors (Lipinski definition) is 2. The molecule has 1 aliphatic rings. The van der Waals surface area contributed by atoms with Crippen molar-refractivity contribution in [1.82, 2.24) is 9.55 Å². The monoisotopic (exact) mass is 194 g/mol. The maximum Gasteiger partial charge on any atom is 0.356 e. The van der Waals surface area contributed by atoms with Gasteiger partial charge in [-0.3, -0.25) is 0 Å². The summed E-state index contributed by atoms with van der Waals surface area (Å²) in [6.45, 7) is 3.99. The summed E-state index contributed by atoms with van der Waals surface area (Å²) in [7, 11) is 0. The Hall–Kier alpha value is -1.32. The Morgan fingerprint density at radius 3 is 3.00 bits per heavy atom. The van der Waals surface area contributed by atoms with Crippen LogP contribution in [0.3, 0.4) is 0 Å². The molecule has 76 valence electrons. The van der Waals surface area contributed by atoms with Crippen LogP contribution in [0.15, 0.2) is 0 Å². The van der Waals surface area contributed by atoms with Gasteiger partial charge in [0.15, 0.2) is 5.69 Å². The minimum Gasteiger partial charge on any atom is -0.476 e. The molecule has 0 aromatic carbocycles. The quantitative estimate of drug-likeness (QED) is 0.741. The van der Waals surface area contributed by atoms with E-state index in [2.05, 4.69) is 16.5 Å². The number of imidazole rings is 1. The predicted octanol–water partition coefficient (Wildman–Crippen LogP) is 1.79. The number of aryl methyl sites for hydroxylation is 1. The number of fused-ring (bicyclic) bond motifs is 1. The SMILES string of the molecule is Cc1nc(C(=O)O)c2n1C(C)CCC2. The highest BCUT2D eigenvalue weighted by Gasteiger charge is 2.25. The van der Waals surface area contributed by atoms with Crippen LogP contribution in [0, 0.1) is 6.92 Å². The zero-order valence-electron chi connectivity index (χ0n) is 8.45. The maximum atomic E-state index is 10.9. The zero-order chi connectivity index (χ0) is 10.3. The third-order valence-corrected chi connectivity index (χ3v) is 2.87. The second kappa shape index (κ2) is 3.12. The molecular weight excluding hydrogens is 180 g/mol. The summed E-state index contributed by atoms with van der Waals surface area (Å²) >= 11 is 0. The van der Waals surface area contributed by atoms with Crippen LogP contribution in [0.4, 0.5) is 0 Å². The van der Waals surface area contributed by atoms with E-state index in [1.807, 2.05) is 6.92 Å². The van der Waals surface area contributed by atoms with E-state index in [0.717, 1.165) is 30.8 Å². The molecule has 1 N–H and O–H groups in total. The molecule has 0 amide bonds. The van der Waals surface area contributed by atoms with Gasteiger partial charge in [-0.2, -0.15) is 0 Å². The minimum atomic E-state index is -0.907. The highest BCUT2D eigenvalue weighted by atomic mass is 16.4. The summed E-state index contributed by atoms with van der Waals surface area (Å²) in [4.78, 5) is 15.0. The summed E-state index contributed by atoms with van der Waals surface area (Å²) in [5.41, 5.74) is 1.14. The van der Waals surface area contributed by atoms with Gasteiger partial charge in [-0.15, -0.1) is 0 Å². The standard InChI is InChI=1S/C10H14N2O2/c1-6-4-3-5-8-9(10(13)14)11-7(2)12(6)8/h6H,3-5H2,1-2H3,(H,13,14). The van der Waals surface area contributed by atoms with Crippen LogP contribution in [0.25, 0.3) is 0 Å². The van der Waals surface area contributed by atoms with Gasteiger partial charge in [0.2, 0.25) is 0 Å². The average molecular weight is 194 g/mol. The lowest BCUT2D eigenvalue weighted by Gasteiger charge is -2.23. The Balaban J connectivity index is 2.57. The molecule has 1 aliphatic heterocycles. The molecule has 2 rings (SSSR count). The van der Waals surface area contributed by atoms with Crippen molar-refractivity contribution in [1.29, 1.82) is 0 Å². The van der Waals surface area contributed by atoms with Crippen LogP contribution in [-0.4, -0.2) is 20.6 Å². The average Bonchev–Trinajstić information content (AvgIpc) is 2.45. The van der Waals surface area contributed by atoms with Gasteiger partial charge in [-0.1, -0.05) is 0 Å². The molecule has 2 heterocycles. The number of carboxylic acid groups (broad SMARTS) is 1. The number of carboxylic acids is 1. The summed E-state index contributed by atoms with van der Waals surface area (Å²) in [6, 6.07) is 0.388. The van der Waals surface area contributed by atoms with Crippen molar-refractivity contribution < 1.29 is 9.90 Å². The smallest absolute Gasteiger partial charge is 0.356 e. The first-order chi connectivity index (χ1) is 6.61. The molecule has 1 aromatic heterocycles. The van der Waals surface area contributed by atoms with Crippen LogP contribution in [0.1, 0.15) is 47.8 Å². The normalized spacial score (nSPS) is 20.6. The number of nitrogens with zero attached hydrogens (tertiary/aromatic N) is 2. The fourth-order valence-corrected chi connectivity index (χ4v) is 2.28. The Labute approximate surface area is 82.6 Å². The second-order valence-electron chi connectivity index (χ2n) is 3.87. The lowest BCUT2D eigenvalue weighted by molar-refractivity contribution is 0.0689. The van der Waals surface area contributed by atoms with E-state index in [4.69, 9.17) is 5.11 Å². The van der Waals surface area contributed by atoms with E-state index in [0.29, 0.717) is 6.04 Å². The van der Waals surface area contributed by atoms with E-state index in [1.54, 1.807) is 0 Å². The van der Waals surface area contributed by atoms with Gasteiger partial charge in [0, 0.05) is 6.04 Å². The van der Waals surface area contributed by atoms with Gasteiger partial charge in [-0.05, 0) is 33.1 Å². The van der Waals surface area contributed by atoms with E-state index in [1.165, 1.54) is 0 Å². The predicted molar refractivity (Wildman–Crippen MR) is 51.6 cm³/mol. The van der Waals surface area contributed by atoms with Gasteiger partial charge in [0.1, 0.15) is 5.82 Å². The van der Waals surface area contributed by atoms with Crippen molar-refractivity contribution in [3.63, 3.8) is 0 Å². The first-order valence-corrected chi connectivity index (χ1v) is 4.92. The zero-order valence-corrected chi connectivity index (χ0v) is 8.45. The van der Waals surface area contributed by atoms with Crippen LogP contribution in [0.2, 0.25) is 0 Å². The molecule has 0 spiro atoms. The molecule has 0 saturated heterocycles. The summed E-state index contributed by atoms with van der Waals surface area (Å²) in [5, 5.41) is 8.96. The summed E-state index contributed by atoms with van der Waals surface area (Å²) in [5.74, 6) is -0.0828. The largest absolute Gasteiger partial charge is 0.476 e. The van der Waals surface area contributed by atoms with Gasteiger partial charge in [0.25, 0.3) is 0 Å². The van der Waals surface area contributed by atoms with Crippen LogP contribution < -0.4 is 0 Å². The third-order valence-electron chi connectivity index (χ3n) is 2.87. The third kappa shape index (κ3) is 1.22. The lowest BCUT2D eigenvalue weighted by atomic mass is 10.0. The molecule has 0 bridgehead atoms. The molecule has 0 radical (unpaired) electrons. The number of carbonyl (C=O) groups is 1. The van der Waals surface area contributed by atoms with Crippen molar-refractivity contribution >= 4 is 5.97 Å². The van der Waals surface area contributed by atoms with Crippen LogP contribution >= 0.6 is 0 Å². The fourth-order valence-electron chi connectivity index (χ4n) is 2.28. The fraction of sp³-hybridized carbons (Fsp3) is 0.600. The van der Waals surface area contributed by atoms with E-state index in [-0.39, 0.29) is 5.69 Å². The summed E-state index contributed by atoms with van der Waals surface area (Å²) < 4.78 is 2.06. The molecule has 1 aromatic rings. The molecule has 1 atom stereocenters. The summed E-state index contributed by atoms with van der Waals surface area (Å²) in [6.07, 6.45) is 3.02. The van der Waals surface area contributed by atoms with Gasteiger partial charge in [-0.25, -0.2) is 9.78 Å². The van der Waals surface area contributed by atoms with Crippen LogP contribution in [-0.2, 0) is 6.42 Å². The second-order valence-corrected chi connectivity index (χ2v) is 3.87. The first-order valence-electron chi connectivity index (χ1n) is 4.92. The van der Waals surface area contributed by atoms with Crippen molar-refractivity contribution in [2.75, 3.05) is 0 Å². The lowest BCUT2D eigenvalue weighted by Crippen LogP contribution is -2.17. The Morgan fingerprint density at radius 2 is 2.36 bits per heavy atom. The molecule has 0 saturated carbocycles. The van der Waals surface area contributed by atoms with Crippen molar-refractivity contribution in [3.05, 3.63) is 17.2 Å². The Morgan fingerprint density at radius 1 is 1.64 bits per heavy atom. The minimum absolute atomic E-state index is 0.244.